The minimum absolute atomic E-state index is 0.0103. The lowest BCUT2D eigenvalue weighted by molar-refractivity contribution is -0.116. The van der Waals surface area contributed by atoms with Gasteiger partial charge in [-0.3, -0.25) is 4.79 Å². The van der Waals surface area contributed by atoms with Gasteiger partial charge in [-0.25, -0.2) is 15.0 Å². The first-order valence-electron chi connectivity index (χ1n) is 10.5. The number of aromatic nitrogens is 3. The Morgan fingerprint density at radius 3 is 2.66 bits per heavy atom. The largest absolute Gasteiger partial charge is 0.437 e. The molecule has 0 bridgehead atoms. The van der Waals surface area contributed by atoms with E-state index >= 15 is 0 Å². The summed E-state index contributed by atoms with van der Waals surface area (Å²) in [6.45, 7) is 6.02. The maximum absolute atomic E-state index is 12.4. The average Bonchev–Trinajstić information content (AvgIpc) is 2.75. The standard InChI is InChI=1S/C25H25N5O2/c1-15(2)14-22(31)29-20-8-4-6-18-17(20)10-9-16(3)23(18)32-24-19(7-5-12-27-24)21-11-13-28-25(26)30-21/h4-13,15H,14H2,1-3H3,(H,29,31)(H2,26,28,30). The number of nitrogens with one attached hydrogen (secondary N) is 1. The van der Waals surface area contributed by atoms with Gasteiger partial charge in [0, 0.05) is 35.3 Å². The topological polar surface area (TPSA) is 103 Å². The molecule has 0 saturated carbocycles. The van der Waals surface area contributed by atoms with Gasteiger partial charge in [-0.2, -0.15) is 0 Å². The molecule has 7 heteroatoms. The maximum Gasteiger partial charge on any atom is 0.228 e. The fourth-order valence-electron chi connectivity index (χ4n) is 3.54. The number of anilines is 2. The van der Waals surface area contributed by atoms with Crippen LogP contribution in [0.25, 0.3) is 22.0 Å². The second-order valence-electron chi connectivity index (χ2n) is 8.02. The van der Waals surface area contributed by atoms with Crippen molar-refractivity contribution < 1.29 is 9.53 Å². The molecule has 32 heavy (non-hydrogen) atoms. The van der Waals surface area contributed by atoms with Gasteiger partial charge in [0.1, 0.15) is 5.75 Å². The number of aryl methyl sites for hydroxylation is 1. The number of nitrogens with two attached hydrogens (primary N) is 1. The van der Waals surface area contributed by atoms with Crippen molar-refractivity contribution in [2.24, 2.45) is 5.92 Å². The molecule has 0 unspecified atom stereocenters. The molecule has 7 nitrogen and oxygen atoms in total. The molecule has 3 N–H and O–H groups in total. The van der Waals surface area contributed by atoms with E-state index < -0.39 is 0 Å². The molecule has 4 aromatic rings. The van der Waals surface area contributed by atoms with Gasteiger partial charge < -0.3 is 15.8 Å². The van der Waals surface area contributed by atoms with E-state index in [2.05, 4.69) is 20.3 Å². The molecule has 1 amide bonds. The number of hydrogen-bond donors (Lipinski definition) is 2. The zero-order valence-corrected chi connectivity index (χ0v) is 18.3. The fourth-order valence-corrected chi connectivity index (χ4v) is 3.54. The summed E-state index contributed by atoms with van der Waals surface area (Å²) in [7, 11) is 0. The number of rotatable bonds is 6. The van der Waals surface area contributed by atoms with Gasteiger partial charge in [0.25, 0.3) is 0 Å². The van der Waals surface area contributed by atoms with Crippen molar-refractivity contribution in [2.45, 2.75) is 27.2 Å². The number of carbonyl (C=O) groups is 1. The summed E-state index contributed by atoms with van der Waals surface area (Å²) in [6.07, 6.45) is 3.73. The molecule has 0 aliphatic rings. The van der Waals surface area contributed by atoms with Crippen LogP contribution in [0.4, 0.5) is 11.6 Å². The van der Waals surface area contributed by atoms with Gasteiger partial charge in [0.05, 0.1) is 11.3 Å². The lowest BCUT2D eigenvalue weighted by Crippen LogP contribution is -2.14. The first-order valence-corrected chi connectivity index (χ1v) is 10.5. The van der Waals surface area contributed by atoms with Crippen LogP contribution in [0.15, 0.2) is 60.9 Å². The first kappa shape index (κ1) is 21.2. The van der Waals surface area contributed by atoms with Crippen molar-refractivity contribution in [3.63, 3.8) is 0 Å². The molecular weight excluding hydrogens is 402 g/mol. The predicted octanol–water partition coefficient (Wildman–Crippen LogP) is 5.36. The molecule has 0 atom stereocenters. The van der Waals surface area contributed by atoms with Crippen molar-refractivity contribution in [3.05, 3.63) is 66.5 Å². The molecule has 162 valence electrons. The Kier molecular flexibility index (Phi) is 5.98. The van der Waals surface area contributed by atoms with Gasteiger partial charge in [-0.1, -0.05) is 38.1 Å². The zero-order chi connectivity index (χ0) is 22.7. The van der Waals surface area contributed by atoms with Crippen molar-refractivity contribution >= 4 is 28.3 Å². The molecule has 0 fully saturated rings. The number of hydrogen-bond acceptors (Lipinski definition) is 6. The Hall–Kier alpha value is -4.00. The summed E-state index contributed by atoms with van der Waals surface area (Å²) in [5.41, 5.74) is 8.80. The highest BCUT2D eigenvalue weighted by Crippen LogP contribution is 2.38. The number of amides is 1. The van der Waals surface area contributed by atoms with Gasteiger partial charge in [0.2, 0.25) is 17.7 Å². The summed E-state index contributed by atoms with van der Waals surface area (Å²) in [5.74, 6) is 1.54. The van der Waals surface area contributed by atoms with Gasteiger partial charge in [0.15, 0.2) is 0 Å². The second kappa shape index (κ2) is 9.01. The third-order valence-electron chi connectivity index (χ3n) is 5.00. The predicted molar refractivity (Wildman–Crippen MR) is 127 cm³/mol. The van der Waals surface area contributed by atoms with Crippen LogP contribution >= 0.6 is 0 Å². The lowest BCUT2D eigenvalue weighted by atomic mass is 10.0. The van der Waals surface area contributed by atoms with E-state index in [4.69, 9.17) is 10.5 Å². The van der Waals surface area contributed by atoms with E-state index in [0.717, 1.165) is 22.0 Å². The highest BCUT2D eigenvalue weighted by molar-refractivity contribution is 6.04. The van der Waals surface area contributed by atoms with Crippen LogP contribution in [0.1, 0.15) is 25.8 Å². The van der Waals surface area contributed by atoms with Crippen molar-refractivity contribution in [3.8, 4) is 22.9 Å². The van der Waals surface area contributed by atoms with Crippen LogP contribution in [0, 0.1) is 12.8 Å². The summed E-state index contributed by atoms with van der Waals surface area (Å²) in [6, 6.07) is 15.2. The molecule has 0 aliphatic heterocycles. The Morgan fingerprint density at radius 1 is 1.03 bits per heavy atom. The number of fused-ring (bicyclic) bond motifs is 1. The maximum atomic E-state index is 12.4. The van der Waals surface area contributed by atoms with Crippen molar-refractivity contribution in [1.29, 1.82) is 0 Å². The number of carbonyl (C=O) groups excluding carboxylic acids is 1. The molecule has 0 saturated heterocycles. The van der Waals surface area contributed by atoms with Crippen LogP contribution in [-0.2, 0) is 4.79 Å². The van der Waals surface area contributed by atoms with Gasteiger partial charge >= 0.3 is 0 Å². The van der Waals surface area contributed by atoms with Gasteiger partial charge in [-0.15, -0.1) is 0 Å². The molecule has 2 aromatic heterocycles. The van der Waals surface area contributed by atoms with E-state index in [1.165, 1.54) is 0 Å². The first-order chi connectivity index (χ1) is 15.4. The van der Waals surface area contributed by atoms with E-state index in [9.17, 15) is 4.79 Å². The van der Waals surface area contributed by atoms with Crippen LogP contribution < -0.4 is 15.8 Å². The Bertz CT molecular complexity index is 1290. The summed E-state index contributed by atoms with van der Waals surface area (Å²) in [4.78, 5) is 25.1. The fraction of sp³-hybridized carbons (Fsp3) is 0.200. The number of ether oxygens (including phenoxy) is 1. The van der Waals surface area contributed by atoms with Crippen molar-refractivity contribution in [1.82, 2.24) is 15.0 Å². The molecule has 4 rings (SSSR count). The molecule has 0 spiro atoms. The van der Waals surface area contributed by atoms with Crippen LogP contribution in [0.2, 0.25) is 0 Å². The smallest absolute Gasteiger partial charge is 0.228 e. The molecule has 0 radical (unpaired) electrons. The molecular formula is C25H25N5O2. The minimum atomic E-state index is -0.0103. The summed E-state index contributed by atoms with van der Waals surface area (Å²) >= 11 is 0. The normalized spacial score (nSPS) is 11.0. The second-order valence-corrected chi connectivity index (χ2v) is 8.02. The Morgan fingerprint density at radius 2 is 1.88 bits per heavy atom. The minimum Gasteiger partial charge on any atom is -0.437 e. The monoisotopic (exact) mass is 427 g/mol. The van der Waals surface area contributed by atoms with E-state index in [1.54, 1.807) is 18.5 Å². The highest BCUT2D eigenvalue weighted by atomic mass is 16.5. The number of nitrogen functional groups attached to an aromatic ring is 1. The van der Waals surface area contributed by atoms with Crippen LogP contribution in [0.3, 0.4) is 0 Å². The highest BCUT2D eigenvalue weighted by Gasteiger charge is 2.16. The lowest BCUT2D eigenvalue weighted by Gasteiger charge is -2.16. The summed E-state index contributed by atoms with van der Waals surface area (Å²) < 4.78 is 6.35. The third kappa shape index (κ3) is 4.51. The van der Waals surface area contributed by atoms with E-state index in [-0.39, 0.29) is 17.8 Å². The Balaban J connectivity index is 1.76. The quantitative estimate of drug-likeness (QED) is 0.429. The van der Waals surface area contributed by atoms with Crippen LogP contribution in [0.5, 0.6) is 11.6 Å². The number of pyridine rings is 1. The average molecular weight is 428 g/mol. The molecule has 2 heterocycles. The van der Waals surface area contributed by atoms with Crippen LogP contribution in [-0.4, -0.2) is 20.9 Å². The van der Waals surface area contributed by atoms with E-state index in [1.807, 2.05) is 63.2 Å². The molecule has 0 aliphatic carbocycles. The van der Waals surface area contributed by atoms with Crippen molar-refractivity contribution in [2.75, 3.05) is 11.1 Å². The van der Waals surface area contributed by atoms with E-state index in [0.29, 0.717) is 29.3 Å². The van der Waals surface area contributed by atoms with Gasteiger partial charge in [-0.05, 0) is 42.7 Å². The summed E-state index contributed by atoms with van der Waals surface area (Å²) in [5, 5.41) is 4.81. The third-order valence-corrected chi connectivity index (χ3v) is 5.00. The number of benzene rings is 2. The Labute approximate surface area is 186 Å². The number of nitrogens with zero attached hydrogens (tertiary/aromatic N) is 3. The zero-order valence-electron chi connectivity index (χ0n) is 18.3. The molecule has 2 aromatic carbocycles. The SMILES string of the molecule is Cc1ccc2c(NC(=O)CC(C)C)cccc2c1Oc1ncccc1-c1ccnc(N)n1.